The predicted molar refractivity (Wildman–Crippen MR) is 252 cm³/mol. The Bertz CT molecular complexity index is 2820. The van der Waals surface area contributed by atoms with Crippen molar-refractivity contribution in [3.05, 3.63) is 174 Å². The molecule has 1 fully saturated rings. The number of imidazole rings is 2. The number of aromatic nitrogens is 4. The zero-order chi connectivity index (χ0) is 48.0. The van der Waals surface area contributed by atoms with E-state index in [1.807, 2.05) is 79.7 Å². The van der Waals surface area contributed by atoms with E-state index in [4.69, 9.17) is 14.2 Å². The fourth-order valence-corrected chi connectivity index (χ4v) is 7.02. The summed E-state index contributed by atoms with van der Waals surface area (Å²) in [6.45, 7) is 9.11. The smallest absolute Gasteiger partial charge is 1.00 e. The number of hydrogen-bond acceptors (Lipinski definition) is 7. The number of nitrogens with one attached hydrogen (secondary N) is 2. The third-order valence-electron chi connectivity index (χ3n) is 10.4. The third kappa shape index (κ3) is 15.4. The third-order valence-corrected chi connectivity index (χ3v) is 10.4. The molecule has 0 radical (unpaired) electrons. The molecule has 1 aliphatic heterocycles. The molecule has 2 aromatic heterocycles. The van der Waals surface area contributed by atoms with E-state index >= 15 is 0 Å². The number of nitrogens with zero attached hydrogens (tertiary/aromatic N) is 2. The number of aromatic amines is 2. The summed E-state index contributed by atoms with van der Waals surface area (Å²) in [6.07, 6.45) is -5.30. The van der Waals surface area contributed by atoms with E-state index in [1.165, 1.54) is 37.1 Å². The van der Waals surface area contributed by atoms with Crippen LogP contribution >= 0.6 is 0 Å². The van der Waals surface area contributed by atoms with Gasteiger partial charge in [0.15, 0.2) is 6.29 Å². The number of ether oxygens (including phenoxy) is 3. The number of carbonyl (C=O) groups excluding carboxylic acids is 1. The minimum atomic E-state index is -4.38. The number of aliphatic hydroxyl groups is 1. The van der Waals surface area contributed by atoms with Crippen molar-refractivity contribution >= 4 is 51.4 Å². The number of aliphatic hydroxyl groups excluding tert-OH is 1. The first kappa shape index (κ1) is 55.9. The van der Waals surface area contributed by atoms with Gasteiger partial charge in [0, 0.05) is 18.8 Å². The number of aldehydes is 1. The molecule has 0 amide bonds. The van der Waals surface area contributed by atoms with Crippen LogP contribution < -0.4 is 26.5 Å². The van der Waals surface area contributed by atoms with Gasteiger partial charge in [-0.2, -0.15) is 33.3 Å². The summed E-state index contributed by atoms with van der Waals surface area (Å²) in [5, 5.41) is 10.3. The Morgan fingerprint density at radius 3 is 1.52 bits per heavy atom. The van der Waals surface area contributed by atoms with Gasteiger partial charge in [0.1, 0.15) is 36.4 Å². The Balaban J connectivity index is 0.000000257. The quantitative estimate of drug-likeness (QED) is 0.0511. The van der Waals surface area contributed by atoms with Crippen LogP contribution in [0.2, 0.25) is 0 Å². The van der Waals surface area contributed by atoms with Crippen molar-refractivity contribution in [1.29, 1.82) is 0 Å². The van der Waals surface area contributed by atoms with E-state index in [-0.39, 0.29) is 53.2 Å². The van der Waals surface area contributed by atoms with Crippen molar-refractivity contribution in [3.8, 4) is 33.8 Å². The molecule has 358 valence electrons. The van der Waals surface area contributed by atoms with Crippen LogP contribution in [0.5, 0.6) is 11.5 Å². The standard InChI is InChI=1S/C24H21F3N2O2.C22H15F3N2O2.C4H8O.C2H5.BrH.Mg/c1-2-22(30)19-6-4-3-5-18(19)15-7-12-20-21(13-15)29-23(28-20)14-31-17-10-8-16(9-11-17)24(25,26)27;23-22(24,25)16-6-8-17(9-7-16)29-13-21-26-19-10-5-14(11-20(19)27-21)18-4-2-1-3-15(18)12-28;1-2-4-5-3-1;1-2;;/h3-13,22,30H,2,14H2,1H3,(H,28,29);1-12H,13H2,(H,26,27);1-4H2;1H2,2H3;1H;/q;;;-1;;+2/p-1. The van der Waals surface area contributed by atoms with Gasteiger partial charge < -0.3 is 53.2 Å². The number of alkyl halides is 6. The zero-order valence-electron chi connectivity index (χ0n) is 37.8. The van der Waals surface area contributed by atoms with E-state index < -0.39 is 29.6 Å². The largest absolute Gasteiger partial charge is 2.00 e. The van der Waals surface area contributed by atoms with Crippen LogP contribution in [0.25, 0.3) is 44.3 Å². The number of H-pyrrole nitrogens is 2. The molecule has 8 aromatic rings. The molecule has 6 aromatic carbocycles. The fourth-order valence-electron chi connectivity index (χ4n) is 7.02. The molecule has 9 nitrogen and oxygen atoms in total. The molecule has 3 heterocycles. The van der Waals surface area contributed by atoms with Gasteiger partial charge in [0.25, 0.3) is 0 Å². The molecule has 0 bridgehead atoms. The molecule has 0 aliphatic carbocycles. The van der Waals surface area contributed by atoms with Gasteiger partial charge in [-0.05, 0) is 120 Å². The Morgan fingerprint density at radius 1 is 0.667 bits per heavy atom. The fraction of sp³-hybridized carbons (Fsp3) is 0.231. The van der Waals surface area contributed by atoms with Crippen LogP contribution in [0.1, 0.15) is 77.9 Å². The van der Waals surface area contributed by atoms with Crippen LogP contribution in [-0.2, 0) is 30.3 Å². The number of rotatable bonds is 11. The zero-order valence-corrected chi connectivity index (χ0v) is 40.8. The van der Waals surface area contributed by atoms with Crippen molar-refractivity contribution in [2.75, 3.05) is 13.2 Å². The maximum atomic E-state index is 12.7. The second-order valence-electron chi connectivity index (χ2n) is 15.0. The summed E-state index contributed by atoms with van der Waals surface area (Å²) in [5.41, 5.74) is 6.68. The molecule has 1 saturated heterocycles. The van der Waals surface area contributed by atoms with Crippen molar-refractivity contribution in [3.63, 3.8) is 0 Å². The molecule has 3 N–H and O–H groups in total. The first-order valence-electron chi connectivity index (χ1n) is 21.5. The molecule has 9 rings (SSSR count). The van der Waals surface area contributed by atoms with Crippen LogP contribution in [0.4, 0.5) is 26.3 Å². The second-order valence-corrected chi connectivity index (χ2v) is 15.0. The van der Waals surface area contributed by atoms with Gasteiger partial charge in [-0.1, -0.05) is 67.6 Å². The number of benzene rings is 6. The van der Waals surface area contributed by atoms with E-state index in [0.29, 0.717) is 35.1 Å². The molecule has 69 heavy (non-hydrogen) atoms. The van der Waals surface area contributed by atoms with Gasteiger partial charge in [-0.25, -0.2) is 9.97 Å². The topological polar surface area (TPSA) is 122 Å². The van der Waals surface area contributed by atoms with Gasteiger partial charge in [-0.3, -0.25) is 4.79 Å². The van der Waals surface area contributed by atoms with E-state index in [0.717, 1.165) is 93.6 Å². The van der Waals surface area contributed by atoms with Crippen LogP contribution in [0.3, 0.4) is 0 Å². The number of carbonyl (C=O) groups is 1. The summed E-state index contributed by atoms with van der Waals surface area (Å²) >= 11 is 0. The Labute approximate surface area is 422 Å². The summed E-state index contributed by atoms with van der Waals surface area (Å²) in [5.74, 6) is 1.75. The number of halogens is 7. The first-order chi connectivity index (χ1) is 32.3. The van der Waals surface area contributed by atoms with Crippen molar-refractivity contribution in [1.82, 2.24) is 19.9 Å². The number of hydrogen-bond donors (Lipinski definition) is 3. The minimum Gasteiger partial charge on any atom is -1.00 e. The second kappa shape index (κ2) is 26.3. The molecule has 0 saturated carbocycles. The molecule has 1 unspecified atom stereocenters. The number of fused-ring (bicyclic) bond motifs is 2. The molecule has 0 spiro atoms. The predicted octanol–water partition coefficient (Wildman–Crippen LogP) is 10.2. The van der Waals surface area contributed by atoms with E-state index in [1.54, 1.807) is 19.1 Å². The first-order valence-corrected chi connectivity index (χ1v) is 21.5. The maximum absolute atomic E-state index is 12.7. The SMILES string of the molecule is C1CCOC1.CCC(O)c1ccccc1-c1ccc2nc(COc3ccc(C(F)(F)F)cc3)[nH]c2c1.O=Cc1ccccc1-c1ccc2nc(COc3ccc(C(F)(F)F)cc3)[nH]c2c1.[Br-].[CH2-]C.[Mg+2]. The van der Waals surface area contributed by atoms with Crippen LogP contribution in [-0.4, -0.2) is 67.6 Å². The maximum Gasteiger partial charge on any atom is 2.00 e. The van der Waals surface area contributed by atoms with Crippen molar-refractivity contribution in [2.24, 2.45) is 0 Å². The van der Waals surface area contributed by atoms with Gasteiger partial charge in [0.2, 0.25) is 0 Å². The molecule has 1 atom stereocenters. The monoisotopic (exact) mass is 1030 g/mol. The van der Waals surface area contributed by atoms with Gasteiger partial charge in [-0.15, -0.1) is 0 Å². The molecular weight excluding hydrogens is 979 g/mol. The molecule has 1 aliphatic rings. The average molecular weight is 1030 g/mol. The molecular formula is C52H49BrF6MgN4O5. The normalized spacial score (nSPS) is 12.4. The Morgan fingerprint density at radius 2 is 1.10 bits per heavy atom. The molecule has 17 heteroatoms. The average Bonchev–Trinajstić information content (AvgIpc) is 4.15. The van der Waals surface area contributed by atoms with E-state index in [2.05, 4.69) is 26.9 Å². The van der Waals surface area contributed by atoms with Crippen molar-refractivity contribution < 1.29 is 67.4 Å². The van der Waals surface area contributed by atoms with Gasteiger partial charge >= 0.3 is 35.4 Å². The summed E-state index contributed by atoms with van der Waals surface area (Å²) in [4.78, 5) is 26.5. The van der Waals surface area contributed by atoms with Crippen LogP contribution in [0, 0.1) is 6.92 Å². The summed E-state index contributed by atoms with van der Waals surface area (Å²) in [6, 6.07) is 35.5. The summed E-state index contributed by atoms with van der Waals surface area (Å²) in [7, 11) is 0. The minimum absolute atomic E-state index is 0. The van der Waals surface area contributed by atoms with E-state index in [9.17, 15) is 36.2 Å². The Hall–Kier alpha value is -5.72. The van der Waals surface area contributed by atoms with Gasteiger partial charge in [0.05, 0.1) is 39.3 Å². The van der Waals surface area contributed by atoms with Crippen molar-refractivity contribution in [2.45, 2.75) is 64.8 Å². The summed E-state index contributed by atoms with van der Waals surface area (Å²) < 4.78 is 91.9. The Kier molecular flexibility index (Phi) is 21.3. The van der Waals surface area contributed by atoms with Crippen LogP contribution in [0.15, 0.2) is 133 Å².